The van der Waals surface area contributed by atoms with Crippen molar-refractivity contribution >= 4 is 17.5 Å². The van der Waals surface area contributed by atoms with E-state index in [-0.39, 0.29) is 17.9 Å². The topological polar surface area (TPSA) is 110 Å². The molecule has 7 nitrogen and oxygen atoms in total. The molecule has 0 radical (unpaired) electrons. The van der Waals surface area contributed by atoms with Gasteiger partial charge in [0.05, 0.1) is 4.92 Å². The summed E-state index contributed by atoms with van der Waals surface area (Å²) in [4.78, 5) is 22.8. The lowest BCUT2D eigenvalue weighted by atomic mass is 10.0. The first-order chi connectivity index (χ1) is 9.12. The third-order valence-corrected chi connectivity index (χ3v) is 2.96. The summed E-state index contributed by atoms with van der Waals surface area (Å²) in [6.45, 7) is 5.66. The molecule has 1 rings (SSSR count). The van der Waals surface area contributed by atoms with Gasteiger partial charge in [-0.2, -0.15) is 0 Å². The molecule has 20 heavy (non-hydrogen) atoms. The van der Waals surface area contributed by atoms with Crippen LogP contribution in [0.1, 0.15) is 26.3 Å². The zero-order valence-electron chi connectivity index (χ0n) is 11.8. The Morgan fingerprint density at radius 1 is 1.45 bits per heavy atom. The fourth-order valence-corrected chi connectivity index (χ4v) is 1.86. The van der Waals surface area contributed by atoms with Crippen LogP contribution >= 0.6 is 0 Å². The summed E-state index contributed by atoms with van der Waals surface area (Å²) in [5.41, 5.74) is 5.63. The van der Waals surface area contributed by atoms with Gasteiger partial charge in [-0.05, 0) is 38.8 Å². The second-order valence-corrected chi connectivity index (χ2v) is 5.51. The first kappa shape index (κ1) is 15.7. The number of nitrogen functional groups attached to an aromatic ring is 1. The normalized spacial score (nSPS) is 11.2. The standard InChI is InChI=1S/C13H19N3O4/c1-13(2,3)15(12(17)18)7-6-9-4-5-10(14)11(8-9)16(19)20/h4-5,8H,6-7,14H2,1-3H3,(H,17,18). The van der Waals surface area contributed by atoms with E-state index in [9.17, 15) is 20.0 Å². The Labute approximate surface area is 117 Å². The van der Waals surface area contributed by atoms with Crippen molar-refractivity contribution in [2.24, 2.45) is 0 Å². The molecule has 0 spiro atoms. The van der Waals surface area contributed by atoms with E-state index in [1.807, 2.05) is 0 Å². The molecule has 0 aliphatic carbocycles. The zero-order chi connectivity index (χ0) is 15.5. The number of nitro groups is 1. The van der Waals surface area contributed by atoms with Gasteiger partial charge in [-0.15, -0.1) is 0 Å². The molecule has 0 aliphatic heterocycles. The van der Waals surface area contributed by atoms with E-state index in [0.717, 1.165) is 0 Å². The van der Waals surface area contributed by atoms with Crippen LogP contribution in [-0.2, 0) is 6.42 Å². The van der Waals surface area contributed by atoms with Gasteiger partial charge in [0.15, 0.2) is 0 Å². The number of carbonyl (C=O) groups is 1. The van der Waals surface area contributed by atoms with Crippen LogP contribution in [0.5, 0.6) is 0 Å². The van der Waals surface area contributed by atoms with Crippen molar-refractivity contribution in [3.05, 3.63) is 33.9 Å². The summed E-state index contributed by atoms with van der Waals surface area (Å²) in [6, 6.07) is 4.53. The lowest BCUT2D eigenvalue weighted by Gasteiger charge is -2.33. The number of rotatable bonds is 4. The molecule has 110 valence electrons. The van der Waals surface area contributed by atoms with Gasteiger partial charge in [0.2, 0.25) is 0 Å². The van der Waals surface area contributed by atoms with Gasteiger partial charge in [-0.25, -0.2) is 4.79 Å². The molecule has 1 aromatic rings. The number of hydrogen-bond acceptors (Lipinski definition) is 4. The number of benzene rings is 1. The van der Waals surface area contributed by atoms with Gasteiger partial charge in [0.1, 0.15) is 5.69 Å². The average molecular weight is 281 g/mol. The largest absolute Gasteiger partial charge is 0.465 e. The highest BCUT2D eigenvalue weighted by atomic mass is 16.6. The summed E-state index contributed by atoms with van der Waals surface area (Å²) in [5, 5.41) is 20.0. The lowest BCUT2D eigenvalue weighted by Crippen LogP contribution is -2.45. The molecule has 1 aromatic carbocycles. The molecular formula is C13H19N3O4. The number of carboxylic acid groups (broad SMARTS) is 1. The van der Waals surface area contributed by atoms with E-state index >= 15 is 0 Å². The van der Waals surface area contributed by atoms with E-state index in [4.69, 9.17) is 5.73 Å². The zero-order valence-corrected chi connectivity index (χ0v) is 11.8. The number of nitro benzene ring substituents is 1. The van der Waals surface area contributed by atoms with Crippen molar-refractivity contribution in [3.8, 4) is 0 Å². The van der Waals surface area contributed by atoms with Gasteiger partial charge in [-0.1, -0.05) is 6.07 Å². The van der Waals surface area contributed by atoms with Crippen molar-refractivity contribution in [1.29, 1.82) is 0 Å². The van der Waals surface area contributed by atoms with Crippen LogP contribution in [0.4, 0.5) is 16.2 Å². The second kappa shape index (κ2) is 5.77. The van der Waals surface area contributed by atoms with Crippen molar-refractivity contribution in [3.63, 3.8) is 0 Å². The van der Waals surface area contributed by atoms with Gasteiger partial charge in [0, 0.05) is 18.2 Å². The molecule has 0 unspecified atom stereocenters. The fourth-order valence-electron chi connectivity index (χ4n) is 1.86. The number of nitrogens with zero attached hydrogens (tertiary/aromatic N) is 2. The SMILES string of the molecule is CC(C)(C)N(CCc1ccc(N)c([N+](=O)[O-])c1)C(=O)O. The summed E-state index contributed by atoms with van der Waals surface area (Å²) in [7, 11) is 0. The van der Waals surface area contributed by atoms with Crippen molar-refractivity contribution in [1.82, 2.24) is 4.90 Å². The number of anilines is 1. The smallest absolute Gasteiger partial charge is 0.407 e. The maximum Gasteiger partial charge on any atom is 0.407 e. The first-order valence-corrected chi connectivity index (χ1v) is 6.16. The Hall–Kier alpha value is -2.31. The van der Waals surface area contributed by atoms with E-state index in [1.54, 1.807) is 26.8 Å². The van der Waals surface area contributed by atoms with Gasteiger partial charge >= 0.3 is 6.09 Å². The van der Waals surface area contributed by atoms with E-state index in [1.165, 1.54) is 17.0 Å². The Balaban J connectivity index is 2.87. The molecule has 7 heteroatoms. The fraction of sp³-hybridized carbons (Fsp3) is 0.462. The summed E-state index contributed by atoms with van der Waals surface area (Å²) < 4.78 is 0. The highest BCUT2D eigenvalue weighted by Gasteiger charge is 2.25. The lowest BCUT2D eigenvalue weighted by molar-refractivity contribution is -0.384. The Kier molecular flexibility index (Phi) is 4.54. The van der Waals surface area contributed by atoms with Gasteiger partial charge < -0.3 is 15.7 Å². The monoisotopic (exact) mass is 281 g/mol. The molecule has 3 N–H and O–H groups in total. The maximum atomic E-state index is 11.2. The summed E-state index contributed by atoms with van der Waals surface area (Å²) in [5.74, 6) is 0. The second-order valence-electron chi connectivity index (χ2n) is 5.51. The van der Waals surface area contributed by atoms with Crippen LogP contribution < -0.4 is 5.73 Å². The molecule has 0 aromatic heterocycles. The Morgan fingerprint density at radius 3 is 2.50 bits per heavy atom. The number of nitrogens with two attached hydrogens (primary N) is 1. The van der Waals surface area contributed by atoms with Crippen LogP contribution in [0.15, 0.2) is 18.2 Å². The summed E-state index contributed by atoms with van der Waals surface area (Å²) in [6.07, 6.45) is -0.618. The van der Waals surface area contributed by atoms with Crippen LogP contribution in [0.3, 0.4) is 0 Å². The van der Waals surface area contributed by atoms with Crippen molar-refractivity contribution in [2.45, 2.75) is 32.7 Å². The summed E-state index contributed by atoms with van der Waals surface area (Å²) >= 11 is 0. The molecule has 0 saturated heterocycles. The van der Waals surface area contributed by atoms with Crippen molar-refractivity contribution in [2.75, 3.05) is 12.3 Å². The number of hydrogen-bond donors (Lipinski definition) is 2. The predicted octanol–water partition coefficient (Wildman–Crippen LogP) is 2.50. The quantitative estimate of drug-likeness (QED) is 0.500. The average Bonchev–Trinajstić information content (AvgIpc) is 2.28. The minimum Gasteiger partial charge on any atom is -0.465 e. The van der Waals surface area contributed by atoms with Gasteiger partial charge in [0.25, 0.3) is 5.69 Å². The maximum absolute atomic E-state index is 11.2. The minimum atomic E-state index is -1.01. The third kappa shape index (κ3) is 3.84. The predicted molar refractivity (Wildman–Crippen MR) is 75.7 cm³/mol. The van der Waals surface area contributed by atoms with Crippen molar-refractivity contribution < 1.29 is 14.8 Å². The highest BCUT2D eigenvalue weighted by molar-refractivity contribution is 5.66. The minimum absolute atomic E-state index is 0.102. The Morgan fingerprint density at radius 2 is 2.05 bits per heavy atom. The van der Waals surface area contributed by atoms with E-state index < -0.39 is 16.6 Å². The molecule has 0 fully saturated rings. The molecular weight excluding hydrogens is 262 g/mol. The van der Waals surface area contributed by atoms with Crippen LogP contribution in [0, 0.1) is 10.1 Å². The molecule has 0 heterocycles. The van der Waals surface area contributed by atoms with Crippen LogP contribution in [0.25, 0.3) is 0 Å². The first-order valence-electron chi connectivity index (χ1n) is 6.16. The van der Waals surface area contributed by atoms with Gasteiger partial charge in [-0.3, -0.25) is 10.1 Å². The van der Waals surface area contributed by atoms with Crippen LogP contribution in [0.2, 0.25) is 0 Å². The molecule has 0 aliphatic rings. The molecule has 0 saturated carbocycles. The molecule has 0 bridgehead atoms. The Bertz CT molecular complexity index is 523. The molecule has 1 amide bonds. The van der Waals surface area contributed by atoms with E-state index in [2.05, 4.69) is 0 Å². The van der Waals surface area contributed by atoms with E-state index in [0.29, 0.717) is 12.0 Å². The number of amides is 1. The molecule has 0 atom stereocenters. The highest BCUT2D eigenvalue weighted by Crippen LogP contribution is 2.23. The van der Waals surface area contributed by atoms with Crippen LogP contribution in [-0.4, -0.2) is 33.1 Å². The third-order valence-electron chi connectivity index (χ3n) is 2.96.